The number of fused-ring (bicyclic) bond motifs is 3. The monoisotopic (exact) mass is 404 g/mol. The Bertz CT molecular complexity index is 694. The topological polar surface area (TPSA) is 20.2 Å². The number of phenols is 1. The number of hydrogen-bond donors (Lipinski definition) is 1. The van der Waals surface area contributed by atoms with Gasteiger partial charge in [0.05, 0.1) is 4.08 Å². The summed E-state index contributed by atoms with van der Waals surface area (Å²) >= 11 is 4.54. The van der Waals surface area contributed by atoms with Crippen LogP contribution >= 0.6 is 23.5 Å². The lowest BCUT2D eigenvalue weighted by Crippen LogP contribution is -2.54. The molecule has 2 fully saturated rings. The third-order valence-corrected chi connectivity index (χ3v) is 11.4. The number of hydrogen-bond acceptors (Lipinski definition) is 3. The van der Waals surface area contributed by atoms with Crippen LogP contribution < -0.4 is 0 Å². The predicted octanol–water partition coefficient (Wildman–Crippen LogP) is 7.23. The average Bonchev–Trinajstić information content (AvgIpc) is 2.62. The first-order valence-corrected chi connectivity index (χ1v) is 12.8. The predicted molar refractivity (Wildman–Crippen MR) is 121 cm³/mol. The van der Waals surface area contributed by atoms with E-state index in [9.17, 15) is 5.11 Å². The van der Waals surface area contributed by atoms with Crippen LogP contribution in [0.15, 0.2) is 18.2 Å². The van der Waals surface area contributed by atoms with Crippen LogP contribution in [-0.4, -0.2) is 20.7 Å². The fourth-order valence-corrected chi connectivity index (χ4v) is 9.86. The van der Waals surface area contributed by atoms with E-state index in [0.29, 0.717) is 26.6 Å². The molecular formula is C24H36OS2. The Labute approximate surface area is 174 Å². The fraction of sp³-hybridized carbons (Fsp3) is 0.750. The van der Waals surface area contributed by atoms with Gasteiger partial charge in [-0.3, -0.25) is 0 Å². The Balaban J connectivity index is 1.77. The highest BCUT2D eigenvalue weighted by atomic mass is 32.2. The Kier molecular flexibility index (Phi) is 5.34. The SMILES string of the molecule is CC(C)CC[C@]1(C)CC2(C[C@@H]3c4ccc(O)cc4CC[C@]31C)SCCCS2. The van der Waals surface area contributed by atoms with Gasteiger partial charge in [0.15, 0.2) is 0 Å². The maximum Gasteiger partial charge on any atom is 0.115 e. The van der Waals surface area contributed by atoms with Gasteiger partial charge in [-0.2, -0.15) is 0 Å². The van der Waals surface area contributed by atoms with Crippen molar-refractivity contribution in [2.45, 2.75) is 82.6 Å². The molecule has 0 unspecified atom stereocenters. The van der Waals surface area contributed by atoms with Crippen LogP contribution in [0, 0.1) is 16.7 Å². The fourth-order valence-electron chi connectivity index (χ4n) is 6.12. The Morgan fingerprint density at radius 2 is 1.93 bits per heavy atom. The van der Waals surface area contributed by atoms with E-state index in [1.54, 1.807) is 5.56 Å². The molecule has 1 saturated heterocycles. The van der Waals surface area contributed by atoms with Crippen molar-refractivity contribution < 1.29 is 5.11 Å². The normalized spacial score (nSPS) is 35.1. The zero-order chi connectivity index (χ0) is 19.3. The van der Waals surface area contributed by atoms with E-state index < -0.39 is 0 Å². The Hall–Kier alpha value is -0.280. The van der Waals surface area contributed by atoms with Gasteiger partial charge in [-0.1, -0.05) is 40.2 Å². The van der Waals surface area contributed by atoms with Crippen molar-refractivity contribution in [3.05, 3.63) is 29.3 Å². The summed E-state index contributed by atoms with van der Waals surface area (Å²) in [5.41, 5.74) is 3.72. The number of aromatic hydroxyl groups is 1. The largest absolute Gasteiger partial charge is 0.508 e. The maximum atomic E-state index is 10.0. The van der Waals surface area contributed by atoms with E-state index in [0.717, 1.165) is 12.3 Å². The van der Waals surface area contributed by atoms with E-state index >= 15 is 0 Å². The van der Waals surface area contributed by atoms with Crippen molar-refractivity contribution in [3.8, 4) is 5.75 Å². The first-order valence-electron chi connectivity index (χ1n) is 10.9. The number of phenolic OH excluding ortho intramolecular Hbond substituents is 1. The van der Waals surface area contributed by atoms with E-state index in [-0.39, 0.29) is 0 Å². The first kappa shape index (κ1) is 20.0. The lowest BCUT2D eigenvalue weighted by atomic mass is 9.46. The molecule has 2 aliphatic carbocycles. The van der Waals surface area contributed by atoms with Gasteiger partial charge < -0.3 is 5.11 Å². The van der Waals surface area contributed by atoms with E-state index in [1.807, 2.05) is 12.1 Å². The van der Waals surface area contributed by atoms with Gasteiger partial charge in [0.1, 0.15) is 5.75 Å². The number of aryl methyl sites for hydroxylation is 1. The summed E-state index contributed by atoms with van der Waals surface area (Å²) in [7, 11) is 0. The summed E-state index contributed by atoms with van der Waals surface area (Å²) in [6.45, 7) is 10.00. The molecule has 4 rings (SSSR count). The van der Waals surface area contributed by atoms with Crippen molar-refractivity contribution in [2.24, 2.45) is 16.7 Å². The lowest BCUT2D eigenvalue weighted by Gasteiger charge is -2.63. The van der Waals surface area contributed by atoms with Gasteiger partial charge in [-0.15, -0.1) is 23.5 Å². The Morgan fingerprint density at radius 1 is 1.19 bits per heavy atom. The minimum Gasteiger partial charge on any atom is -0.508 e. The smallest absolute Gasteiger partial charge is 0.115 e. The van der Waals surface area contributed by atoms with Crippen molar-refractivity contribution in [1.82, 2.24) is 0 Å². The molecule has 3 aliphatic rings. The standard InChI is InChI=1S/C24H36OS2/c1-17(2)8-10-22(3)16-24(26-12-5-13-27-24)15-21-20-7-6-19(25)14-18(20)9-11-23(21,22)4/h6-7,14,17,21,25H,5,8-13,15-16H2,1-4H3/t21-,22-,23-/m1/s1. The number of thioether (sulfide) groups is 2. The lowest BCUT2D eigenvalue weighted by molar-refractivity contribution is -0.0315. The minimum atomic E-state index is 0.371. The van der Waals surface area contributed by atoms with Crippen LogP contribution in [0.25, 0.3) is 0 Å². The van der Waals surface area contributed by atoms with Gasteiger partial charge in [0, 0.05) is 0 Å². The molecule has 3 heteroatoms. The number of benzene rings is 1. The van der Waals surface area contributed by atoms with Gasteiger partial charge in [0.2, 0.25) is 0 Å². The van der Waals surface area contributed by atoms with Crippen molar-refractivity contribution in [3.63, 3.8) is 0 Å². The van der Waals surface area contributed by atoms with Crippen molar-refractivity contribution >= 4 is 23.5 Å². The molecule has 1 nitrogen and oxygen atoms in total. The molecule has 1 N–H and O–H groups in total. The third-order valence-electron chi connectivity index (χ3n) is 8.03. The zero-order valence-electron chi connectivity index (χ0n) is 17.5. The molecule has 1 aromatic carbocycles. The highest BCUT2D eigenvalue weighted by molar-refractivity contribution is 8.18. The minimum absolute atomic E-state index is 0.371. The molecule has 0 bridgehead atoms. The maximum absolute atomic E-state index is 10.0. The van der Waals surface area contributed by atoms with E-state index in [4.69, 9.17) is 0 Å². The summed E-state index contributed by atoms with van der Waals surface area (Å²) in [5, 5.41) is 10.0. The highest BCUT2D eigenvalue weighted by Crippen LogP contribution is 2.70. The molecule has 0 amide bonds. The van der Waals surface area contributed by atoms with Crippen LogP contribution in [0.3, 0.4) is 0 Å². The first-order chi connectivity index (χ1) is 12.8. The quantitative estimate of drug-likeness (QED) is 0.574. The molecule has 150 valence electrons. The molecule has 1 aliphatic heterocycles. The second kappa shape index (κ2) is 7.20. The van der Waals surface area contributed by atoms with Crippen LogP contribution in [0.5, 0.6) is 5.75 Å². The third kappa shape index (κ3) is 3.45. The summed E-state index contributed by atoms with van der Waals surface area (Å²) in [4.78, 5) is 0. The van der Waals surface area contributed by atoms with E-state index in [1.165, 1.54) is 55.6 Å². The second-order valence-corrected chi connectivity index (χ2v) is 13.4. The summed E-state index contributed by atoms with van der Waals surface area (Å²) < 4.78 is 0.403. The molecule has 0 radical (unpaired) electrons. The molecule has 0 aromatic heterocycles. The molecule has 3 atom stereocenters. The van der Waals surface area contributed by atoms with Crippen molar-refractivity contribution in [2.75, 3.05) is 11.5 Å². The zero-order valence-corrected chi connectivity index (χ0v) is 19.1. The van der Waals surface area contributed by atoms with Crippen molar-refractivity contribution in [1.29, 1.82) is 0 Å². The molecule has 1 aromatic rings. The van der Waals surface area contributed by atoms with Crippen LogP contribution in [0.2, 0.25) is 0 Å². The summed E-state index contributed by atoms with van der Waals surface area (Å²) in [5.74, 6) is 4.51. The molecule has 1 heterocycles. The van der Waals surface area contributed by atoms with Gasteiger partial charge in [-0.25, -0.2) is 0 Å². The van der Waals surface area contributed by atoms with Crippen LogP contribution in [0.1, 0.15) is 83.3 Å². The Morgan fingerprint density at radius 3 is 2.63 bits per heavy atom. The van der Waals surface area contributed by atoms with Gasteiger partial charge >= 0.3 is 0 Å². The highest BCUT2D eigenvalue weighted by Gasteiger charge is 2.60. The average molecular weight is 405 g/mol. The molecule has 27 heavy (non-hydrogen) atoms. The number of rotatable bonds is 3. The van der Waals surface area contributed by atoms with Gasteiger partial charge in [-0.05, 0) is 96.0 Å². The second-order valence-electron chi connectivity index (χ2n) is 10.2. The summed E-state index contributed by atoms with van der Waals surface area (Å²) in [6, 6.07) is 6.23. The van der Waals surface area contributed by atoms with Crippen LogP contribution in [0.4, 0.5) is 0 Å². The van der Waals surface area contributed by atoms with Gasteiger partial charge in [0.25, 0.3) is 0 Å². The van der Waals surface area contributed by atoms with E-state index in [2.05, 4.69) is 57.3 Å². The molecule has 1 saturated carbocycles. The molecule has 1 spiro atoms. The summed E-state index contributed by atoms with van der Waals surface area (Å²) in [6.07, 6.45) is 9.15. The van der Waals surface area contributed by atoms with Crippen LogP contribution in [-0.2, 0) is 6.42 Å². The molecular weight excluding hydrogens is 368 g/mol.